The van der Waals surface area contributed by atoms with Crippen LogP contribution in [0.25, 0.3) is 0 Å². The molecular formula is C23H28N2O3. The van der Waals surface area contributed by atoms with Crippen LogP contribution < -0.4 is 0 Å². The first-order valence-corrected chi connectivity index (χ1v) is 10.2. The highest BCUT2D eigenvalue weighted by molar-refractivity contribution is 5.79. The highest BCUT2D eigenvalue weighted by Crippen LogP contribution is 2.31. The minimum absolute atomic E-state index is 0.0157. The van der Waals surface area contributed by atoms with E-state index in [9.17, 15) is 9.90 Å². The predicted octanol–water partition coefficient (Wildman–Crippen LogP) is 3.00. The summed E-state index contributed by atoms with van der Waals surface area (Å²) in [6, 6.07) is 17.1. The summed E-state index contributed by atoms with van der Waals surface area (Å²) in [5.41, 5.74) is 2.04. The molecule has 2 aliphatic rings. The third-order valence-electron chi connectivity index (χ3n) is 5.74. The Morgan fingerprint density at radius 1 is 1.00 bits per heavy atom. The lowest BCUT2D eigenvalue weighted by atomic mass is 9.96. The zero-order valence-corrected chi connectivity index (χ0v) is 16.2. The Balaban J connectivity index is 1.56. The quantitative estimate of drug-likeness (QED) is 0.866. The van der Waals surface area contributed by atoms with Gasteiger partial charge in [0.25, 0.3) is 0 Å². The van der Waals surface area contributed by atoms with Crippen molar-refractivity contribution in [1.29, 1.82) is 0 Å². The zero-order valence-electron chi connectivity index (χ0n) is 16.2. The number of morpholine rings is 1. The maximum Gasteiger partial charge on any atom is 0.227 e. The second kappa shape index (κ2) is 8.76. The second-order valence-electron chi connectivity index (χ2n) is 7.70. The number of rotatable bonds is 5. The number of phenols is 1. The number of likely N-dealkylation sites (tertiary alicyclic amines) is 1. The molecule has 2 fully saturated rings. The Labute approximate surface area is 166 Å². The lowest BCUT2D eigenvalue weighted by molar-refractivity contribution is -0.147. The molecule has 4 rings (SSSR count). The van der Waals surface area contributed by atoms with E-state index in [-0.39, 0.29) is 23.8 Å². The van der Waals surface area contributed by atoms with E-state index >= 15 is 0 Å². The van der Waals surface area contributed by atoms with Crippen LogP contribution in [-0.2, 0) is 16.0 Å². The number of amides is 1. The first kappa shape index (κ1) is 19.0. The van der Waals surface area contributed by atoms with E-state index in [2.05, 4.69) is 17.0 Å². The van der Waals surface area contributed by atoms with Crippen LogP contribution >= 0.6 is 0 Å². The van der Waals surface area contributed by atoms with Crippen molar-refractivity contribution in [3.63, 3.8) is 0 Å². The van der Waals surface area contributed by atoms with E-state index in [1.165, 1.54) is 12.8 Å². The minimum Gasteiger partial charge on any atom is -0.508 e. The molecule has 2 aliphatic heterocycles. The molecule has 28 heavy (non-hydrogen) atoms. The van der Waals surface area contributed by atoms with Gasteiger partial charge in [-0.25, -0.2) is 0 Å². The summed E-state index contributed by atoms with van der Waals surface area (Å²) in [4.78, 5) is 17.7. The number of nitrogens with zero attached hydrogens (tertiary/aromatic N) is 2. The molecule has 2 atom stereocenters. The Kier molecular flexibility index (Phi) is 5.93. The molecule has 0 aliphatic carbocycles. The summed E-state index contributed by atoms with van der Waals surface area (Å²) in [5.74, 6) is 0.324. The average molecular weight is 380 g/mol. The van der Waals surface area contributed by atoms with Crippen molar-refractivity contribution in [3.8, 4) is 5.75 Å². The topological polar surface area (TPSA) is 53.0 Å². The Morgan fingerprint density at radius 2 is 1.71 bits per heavy atom. The summed E-state index contributed by atoms with van der Waals surface area (Å²) >= 11 is 0. The Morgan fingerprint density at radius 3 is 2.43 bits per heavy atom. The fourth-order valence-electron chi connectivity index (χ4n) is 4.32. The minimum atomic E-state index is -0.0693. The molecule has 148 valence electrons. The molecule has 0 spiro atoms. The molecule has 2 heterocycles. The van der Waals surface area contributed by atoms with Crippen LogP contribution in [0.4, 0.5) is 0 Å². The summed E-state index contributed by atoms with van der Waals surface area (Å²) in [5, 5.41) is 9.48. The van der Waals surface area contributed by atoms with E-state index in [1.807, 2.05) is 35.2 Å². The SMILES string of the molecule is O=C(Cc1ccc(O)cc1)N1CCO[C@@H](CN2CCCC2)[C@@H]1c1ccccc1. The normalized spacial score (nSPS) is 23.1. The van der Waals surface area contributed by atoms with Gasteiger partial charge in [-0.05, 0) is 49.2 Å². The summed E-state index contributed by atoms with van der Waals surface area (Å²) < 4.78 is 6.18. The second-order valence-corrected chi connectivity index (χ2v) is 7.70. The maximum atomic E-state index is 13.2. The number of benzene rings is 2. The fourth-order valence-corrected chi connectivity index (χ4v) is 4.32. The Bertz CT molecular complexity index is 772. The van der Waals surface area contributed by atoms with Crippen LogP contribution in [0.15, 0.2) is 54.6 Å². The van der Waals surface area contributed by atoms with Gasteiger partial charge in [-0.2, -0.15) is 0 Å². The molecule has 0 radical (unpaired) electrons. The maximum absolute atomic E-state index is 13.2. The van der Waals surface area contributed by atoms with Crippen molar-refractivity contribution >= 4 is 5.91 Å². The molecule has 0 unspecified atom stereocenters. The monoisotopic (exact) mass is 380 g/mol. The van der Waals surface area contributed by atoms with Crippen molar-refractivity contribution in [1.82, 2.24) is 9.80 Å². The predicted molar refractivity (Wildman–Crippen MR) is 108 cm³/mol. The van der Waals surface area contributed by atoms with Gasteiger partial charge < -0.3 is 19.6 Å². The number of ether oxygens (including phenoxy) is 1. The van der Waals surface area contributed by atoms with Crippen molar-refractivity contribution in [2.24, 2.45) is 0 Å². The number of phenolic OH excluding ortho intramolecular Hbond substituents is 1. The van der Waals surface area contributed by atoms with Crippen LogP contribution in [0, 0.1) is 0 Å². The standard InChI is InChI=1S/C23H28N2O3/c26-20-10-8-18(9-11-20)16-22(27)25-14-15-28-21(17-24-12-4-5-13-24)23(25)19-6-2-1-3-7-19/h1-3,6-11,21,23,26H,4-5,12-17H2/t21-,23-/m0/s1. The van der Waals surface area contributed by atoms with Crippen LogP contribution in [0.5, 0.6) is 5.75 Å². The molecule has 0 saturated carbocycles. The number of carbonyl (C=O) groups excluding carboxylic acids is 1. The van der Waals surface area contributed by atoms with E-state index in [4.69, 9.17) is 4.74 Å². The van der Waals surface area contributed by atoms with Gasteiger partial charge in [0, 0.05) is 13.1 Å². The van der Waals surface area contributed by atoms with Crippen molar-refractivity contribution < 1.29 is 14.6 Å². The molecule has 5 heteroatoms. The van der Waals surface area contributed by atoms with Gasteiger partial charge in [0.1, 0.15) is 5.75 Å². The van der Waals surface area contributed by atoms with E-state index in [0.717, 1.165) is 30.8 Å². The molecule has 5 nitrogen and oxygen atoms in total. The van der Waals surface area contributed by atoms with Crippen LogP contribution in [0.2, 0.25) is 0 Å². The first-order valence-electron chi connectivity index (χ1n) is 10.2. The third kappa shape index (κ3) is 4.37. The van der Waals surface area contributed by atoms with Gasteiger partial charge in [0.15, 0.2) is 0 Å². The zero-order chi connectivity index (χ0) is 19.3. The van der Waals surface area contributed by atoms with Crippen molar-refractivity contribution in [2.45, 2.75) is 31.4 Å². The smallest absolute Gasteiger partial charge is 0.227 e. The number of hydrogen-bond acceptors (Lipinski definition) is 4. The van der Waals surface area contributed by atoms with Crippen molar-refractivity contribution in [2.75, 3.05) is 32.8 Å². The number of aromatic hydroxyl groups is 1. The van der Waals surface area contributed by atoms with Gasteiger partial charge in [-0.3, -0.25) is 4.79 Å². The lowest BCUT2D eigenvalue weighted by Gasteiger charge is -2.43. The highest BCUT2D eigenvalue weighted by Gasteiger charge is 2.37. The molecule has 0 bridgehead atoms. The van der Waals surface area contributed by atoms with Gasteiger partial charge in [0.05, 0.1) is 25.2 Å². The van der Waals surface area contributed by atoms with Crippen LogP contribution in [0.1, 0.15) is 30.0 Å². The van der Waals surface area contributed by atoms with Gasteiger partial charge in [-0.15, -0.1) is 0 Å². The van der Waals surface area contributed by atoms with Crippen molar-refractivity contribution in [3.05, 3.63) is 65.7 Å². The summed E-state index contributed by atoms with van der Waals surface area (Å²) in [7, 11) is 0. The largest absolute Gasteiger partial charge is 0.508 e. The van der Waals surface area contributed by atoms with E-state index in [0.29, 0.717) is 19.6 Å². The molecular weight excluding hydrogens is 352 g/mol. The molecule has 2 aromatic carbocycles. The van der Waals surface area contributed by atoms with E-state index < -0.39 is 0 Å². The van der Waals surface area contributed by atoms with Gasteiger partial charge in [0.2, 0.25) is 5.91 Å². The Hall–Kier alpha value is -2.37. The lowest BCUT2D eigenvalue weighted by Crippen LogP contribution is -2.52. The highest BCUT2D eigenvalue weighted by atomic mass is 16.5. The molecule has 1 N–H and O–H groups in total. The van der Waals surface area contributed by atoms with Crippen LogP contribution in [-0.4, -0.2) is 59.7 Å². The fraction of sp³-hybridized carbons (Fsp3) is 0.435. The van der Waals surface area contributed by atoms with E-state index in [1.54, 1.807) is 12.1 Å². The summed E-state index contributed by atoms with van der Waals surface area (Å²) in [6.07, 6.45) is 2.80. The third-order valence-corrected chi connectivity index (χ3v) is 5.74. The molecule has 2 saturated heterocycles. The first-order chi connectivity index (χ1) is 13.7. The average Bonchev–Trinajstić information content (AvgIpc) is 3.23. The van der Waals surface area contributed by atoms with Gasteiger partial charge in [-0.1, -0.05) is 42.5 Å². The van der Waals surface area contributed by atoms with Crippen LogP contribution in [0.3, 0.4) is 0 Å². The molecule has 2 aromatic rings. The molecule has 1 amide bonds. The molecule has 0 aromatic heterocycles. The number of hydrogen-bond donors (Lipinski definition) is 1. The summed E-state index contributed by atoms with van der Waals surface area (Å²) in [6.45, 7) is 4.27. The van der Waals surface area contributed by atoms with Gasteiger partial charge >= 0.3 is 0 Å². The number of carbonyl (C=O) groups is 1.